The molecule has 16 heavy (non-hydrogen) atoms. The SMILES string of the molecule is Fc1cccc2c1CCO[C@H]2[C@H]1CCCN1. The lowest BCUT2D eigenvalue weighted by Crippen LogP contribution is -2.34. The van der Waals surface area contributed by atoms with Gasteiger partial charge in [0.15, 0.2) is 0 Å². The number of hydrogen-bond donors (Lipinski definition) is 1. The highest BCUT2D eigenvalue weighted by Gasteiger charge is 2.31. The molecule has 1 aromatic carbocycles. The van der Waals surface area contributed by atoms with Crippen LogP contribution < -0.4 is 5.32 Å². The Kier molecular flexibility index (Phi) is 2.65. The van der Waals surface area contributed by atoms with Crippen LogP contribution in [0.3, 0.4) is 0 Å². The Morgan fingerprint density at radius 2 is 2.31 bits per heavy atom. The first-order valence-corrected chi connectivity index (χ1v) is 5.98. The maximum absolute atomic E-state index is 13.7. The number of halogens is 1. The van der Waals surface area contributed by atoms with Crippen molar-refractivity contribution in [1.82, 2.24) is 5.32 Å². The Balaban J connectivity index is 1.96. The smallest absolute Gasteiger partial charge is 0.126 e. The number of nitrogens with one attached hydrogen (secondary N) is 1. The highest BCUT2D eigenvalue weighted by molar-refractivity contribution is 5.33. The Labute approximate surface area is 94.8 Å². The summed E-state index contributed by atoms with van der Waals surface area (Å²) in [5.74, 6) is -0.0798. The molecule has 3 heteroatoms. The van der Waals surface area contributed by atoms with Gasteiger partial charge < -0.3 is 10.1 Å². The normalized spacial score (nSPS) is 29.1. The molecule has 3 rings (SSSR count). The zero-order chi connectivity index (χ0) is 11.0. The average molecular weight is 221 g/mol. The van der Waals surface area contributed by atoms with E-state index >= 15 is 0 Å². The van der Waals surface area contributed by atoms with E-state index in [1.807, 2.05) is 6.07 Å². The largest absolute Gasteiger partial charge is 0.372 e. The minimum absolute atomic E-state index is 0.0435. The van der Waals surface area contributed by atoms with Crippen LogP contribution in [-0.2, 0) is 11.2 Å². The van der Waals surface area contributed by atoms with Crippen molar-refractivity contribution in [3.05, 3.63) is 35.1 Å². The lowest BCUT2D eigenvalue weighted by atomic mass is 9.92. The third-order valence-corrected chi connectivity index (χ3v) is 3.57. The molecule has 2 heterocycles. The highest BCUT2D eigenvalue weighted by Crippen LogP contribution is 2.33. The summed E-state index contributed by atoms with van der Waals surface area (Å²) in [7, 11) is 0. The number of benzene rings is 1. The molecule has 1 saturated heterocycles. The standard InChI is InChI=1S/C13H16FNO/c14-11-4-1-3-10-9(11)6-8-16-13(10)12-5-2-7-15-12/h1,3-4,12-13,15H,2,5-8H2/t12-,13-/m1/s1. The van der Waals surface area contributed by atoms with E-state index in [1.165, 1.54) is 6.42 Å². The molecule has 0 spiro atoms. The number of hydrogen-bond acceptors (Lipinski definition) is 2. The van der Waals surface area contributed by atoms with Gasteiger partial charge in [0.05, 0.1) is 12.7 Å². The molecular formula is C13H16FNO. The van der Waals surface area contributed by atoms with E-state index in [1.54, 1.807) is 12.1 Å². The summed E-state index contributed by atoms with van der Waals surface area (Å²) in [6.07, 6.45) is 3.06. The molecule has 0 saturated carbocycles. The van der Waals surface area contributed by atoms with Gasteiger partial charge in [0.2, 0.25) is 0 Å². The Hall–Kier alpha value is -0.930. The third kappa shape index (κ3) is 1.64. The Morgan fingerprint density at radius 1 is 1.38 bits per heavy atom. The first-order chi connectivity index (χ1) is 7.86. The second kappa shape index (κ2) is 4.15. The maximum Gasteiger partial charge on any atom is 0.126 e. The van der Waals surface area contributed by atoms with Crippen molar-refractivity contribution in [3.63, 3.8) is 0 Å². The summed E-state index contributed by atoms with van der Waals surface area (Å²) in [5.41, 5.74) is 1.90. The van der Waals surface area contributed by atoms with Gasteiger partial charge in [-0.15, -0.1) is 0 Å². The van der Waals surface area contributed by atoms with Crippen LogP contribution in [-0.4, -0.2) is 19.2 Å². The van der Waals surface area contributed by atoms with E-state index in [2.05, 4.69) is 5.32 Å². The summed E-state index contributed by atoms with van der Waals surface area (Å²) in [6.45, 7) is 1.69. The zero-order valence-corrected chi connectivity index (χ0v) is 9.21. The van der Waals surface area contributed by atoms with E-state index in [0.717, 1.165) is 24.1 Å². The molecule has 1 fully saturated rings. The van der Waals surface area contributed by atoms with Crippen LogP contribution >= 0.6 is 0 Å². The quantitative estimate of drug-likeness (QED) is 0.785. The monoisotopic (exact) mass is 221 g/mol. The Bertz CT molecular complexity index is 388. The van der Waals surface area contributed by atoms with E-state index in [-0.39, 0.29) is 11.9 Å². The van der Waals surface area contributed by atoms with Crippen molar-refractivity contribution in [2.24, 2.45) is 0 Å². The molecule has 1 aromatic rings. The summed E-state index contributed by atoms with van der Waals surface area (Å²) < 4.78 is 19.5. The minimum Gasteiger partial charge on any atom is -0.372 e. The third-order valence-electron chi connectivity index (χ3n) is 3.57. The second-order valence-corrected chi connectivity index (χ2v) is 4.55. The fourth-order valence-corrected chi connectivity index (χ4v) is 2.79. The van der Waals surface area contributed by atoms with E-state index in [4.69, 9.17) is 4.74 Å². The lowest BCUT2D eigenvalue weighted by Gasteiger charge is -2.30. The lowest BCUT2D eigenvalue weighted by molar-refractivity contribution is 0.0190. The molecule has 2 aliphatic rings. The van der Waals surface area contributed by atoms with E-state index in [9.17, 15) is 4.39 Å². The van der Waals surface area contributed by atoms with Gasteiger partial charge in [-0.3, -0.25) is 0 Å². The van der Waals surface area contributed by atoms with Gasteiger partial charge in [-0.25, -0.2) is 4.39 Å². The Morgan fingerprint density at radius 3 is 3.12 bits per heavy atom. The van der Waals surface area contributed by atoms with Crippen LogP contribution in [0.15, 0.2) is 18.2 Å². The van der Waals surface area contributed by atoms with Crippen molar-refractivity contribution in [2.45, 2.75) is 31.4 Å². The summed E-state index contributed by atoms with van der Waals surface area (Å²) in [6, 6.07) is 5.69. The molecule has 0 bridgehead atoms. The van der Waals surface area contributed by atoms with Crippen molar-refractivity contribution < 1.29 is 9.13 Å². The van der Waals surface area contributed by atoms with Crippen molar-refractivity contribution in [2.75, 3.05) is 13.2 Å². The van der Waals surface area contributed by atoms with Gasteiger partial charge in [-0.05, 0) is 43.0 Å². The molecule has 0 amide bonds. The summed E-state index contributed by atoms with van der Waals surface area (Å²) in [4.78, 5) is 0. The molecule has 0 unspecified atom stereocenters. The summed E-state index contributed by atoms with van der Waals surface area (Å²) >= 11 is 0. The van der Waals surface area contributed by atoms with Crippen LogP contribution in [0.2, 0.25) is 0 Å². The van der Waals surface area contributed by atoms with Gasteiger partial charge in [0, 0.05) is 6.04 Å². The number of rotatable bonds is 1. The predicted octanol–water partition coefficient (Wildman–Crippen LogP) is 2.19. The van der Waals surface area contributed by atoms with Gasteiger partial charge >= 0.3 is 0 Å². The first kappa shape index (κ1) is 10.2. The van der Waals surface area contributed by atoms with Crippen LogP contribution in [0.5, 0.6) is 0 Å². The van der Waals surface area contributed by atoms with Crippen LogP contribution in [0.1, 0.15) is 30.1 Å². The molecule has 0 aliphatic carbocycles. The van der Waals surface area contributed by atoms with Gasteiger partial charge in [-0.1, -0.05) is 12.1 Å². The first-order valence-electron chi connectivity index (χ1n) is 5.98. The van der Waals surface area contributed by atoms with Crippen LogP contribution in [0.4, 0.5) is 4.39 Å². The van der Waals surface area contributed by atoms with Crippen molar-refractivity contribution >= 4 is 0 Å². The molecule has 2 atom stereocenters. The maximum atomic E-state index is 13.7. The topological polar surface area (TPSA) is 21.3 Å². The van der Waals surface area contributed by atoms with Gasteiger partial charge in [-0.2, -0.15) is 0 Å². The van der Waals surface area contributed by atoms with Crippen molar-refractivity contribution in [3.8, 4) is 0 Å². The second-order valence-electron chi connectivity index (χ2n) is 4.55. The zero-order valence-electron chi connectivity index (χ0n) is 9.21. The molecule has 0 aromatic heterocycles. The molecular weight excluding hydrogens is 205 g/mol. The van der Waals surface area contributed by atoms with Crippen LogP contribution in [0, 0.1) is 5.82 Å². The number of ether oxygens (including phenoxy) is 1. The van der Waals surface area contributed by atoms with E-state index < -0.39 is 0 Å². The average Bonchev–Trinajstić information content (AvgIpc) is 2.82. The van der Waals surface area contributed by atoms with Gasteiger partial charge in [0.25, 0.3) is 0 Å². The van der Waals surface area contributed by atoms with Crippen molar-refractivity contribution in [1.29, 1.82) is 0 Å². The fraction of sp³-hybridized carbons (Fsp3) is 0.538. The summed E-state index contributed by atoms with van der Waals surface area (Å²) in [5, 5.41) is 3.44. The number of fused-ring (bicyclic) bond motifs is 1. The molecule has 2 nitrogen and oxygen atoms in total. The van der Waals surface area contributed by atoms with E-state index in [0.29, 0.717) is 19.1 Å². The predicted molar refractivity (Wildman–Crippen MR) is 59.8 cm³/mol. The molecule has 0 radical (unpaired) electrons. The van der Waals surface area contributed by atoms with Crippen LogP contribution in [0.25, 0.3) is 0 Å². The molecule has 1 N–H and O–H groups in total. The molecule has 86 valence electrons. The highest BCUT2D eigenvalue weighted by atomic mass is 19.1. The molecule has 2 aliphatic heterocycles. The fourth-order valence-electron chi connectivity index (χ4n) is 2.79. The van der Waals surface area contributed by atoms with Gasteiger partial charge in [0.1, 0.15) is 5.82 Å². The minimum atomic E-state index is -0.0798.